The number of rotatable bonds is 6. The number of benzene rings is 2. The van der Waals surface area contributed by atoms with Crippen molar-refractivity contribution >= 4 is 58.6 Å². The minimum atomic E-state index is -0.536. The van der Waals surface area contributed by atoms with Gasteiger partial charge in [0.2, 0.25) is 0 Å². The molecule has 0 radical (unpaired) electrons. The van der Waals surface area contributed by atoms with Crippen molar-refractivity contribution in [1.82, 2.24) is 19.9 Å². The number of carbonyl (C=O) groups is 2. The van der Waals surface area contributed by atoms with Crippen molar-refractivity contribution in [3.8, 4) is 33.8 Å². The van der Waals surface area contributed by atoms with E-state index in [9.17, 15) is 9.59 Å². The van der Waals surface area contributed by atoms with Crippen LogP contribution in [0.3, 0.4) is 0 Å². The Morgan fingerprint density at radius 1 is 0.630 bits per heavy atom. The Hall–Kier alpha value is -6.22. The smallest absolute Gasteiger partial charge is 0.342 e. The maximum atomic E-state index is 13.3. The van der Waals surface area contributed by atoms with Crippen LogP contribution < -0.4 is 9.47 Å². The number of hydrogen-bond acceptors (Lipinski definition) is 7. The van der Waals surface area contributed by atoms with E-state index in [2.05, 4.69) is 9.97 Å². The molecule has 3 aromatic heterocycles. The normalized spacial score (nSPS) is 11.8. The molecule has 5 heterocycles. The Labute approximate surface area is 263 Å². The zero-order chi connectivity index (χ0) is 31.8. The van der Waals surface area contributed by atoms with Crippen LogP contribution in [0, 0.1) is 0 Å². The van der Waals surface area contributed by atoms with E-state index in [-0.39, 0.29) is 5.56 Å². The summed E-state index contributed by atoms with van der Waals surface area (Å²) in [5.74, 6) is 0.812. The van der Waals surface area contributed by atoms with Crippen molar-refractivity contribution in [3.63, 3.8) is 0 Å². The van der Waals surface area contributed by atoms with Gasteiger partial charge in [0.05, 0.1) is 60.7 Å². The van der Waals surface area contributed by atoms with E-state index >= 15 is 0 Å². The first-order chi connectivity index (χ1) is 22.5. The zero-order valence-electron chi connectivity index (χ0n) is 25.3. The predicted octanol–water partition coefficient (Wildman–Crippen LogP) is 7.61. The number of fused-ring (bicyclic) bond motifs is 8. The summed E-state index contributed by atoms with van der Waals surface area (Å²) in [5.41, 5.74) is 8.60. The molecule has 5 aromatic rings. The third-order valence-electron chi connectivity index (χ3n) is 8.02. The third-order valence-corrected chi connectivity index (χ3v) is 8.02. The lowest BCUT2D eigenvalue weighted by atomic mass is 10.0. The van der Waals surface area contributed by atoms with Gasteiger partial charge in [-0.15, -0.1) is 0 Å². The molecule has 0 saturated carbocycles. The minimum absolute atomic E-state index is 0.280. The number of esters is 1. The van der Waals surface area contributed by atoms with Crippen molar-refractivity contribution in [2.75, 3.05) is 21.3 Å². The highest BCUT2D eigenvalue weighted by molar-refractivity contribution is 6.04. The summed E-state index contributed by atoms with van der Waals surface area (Å²) in [6.45, 7) is 0. The minimum Gasteiger partial charge on any atom is -0.497 e. The summed E-state index contributed by atoms with van der Waals surface area (Å²) in [5, 5.41) is 0. The molecule has 0 amide bonds. The number of hydrogen-bond donors (Lipinski definition) is 2. The molecular weight excluding hydrogens is 580 g/mol. The van der Waals surface area contributed by atoms with Gasteiger partial charge in [0, 0.05) is 22.2 Å². The fourth-order valence-corrected chi connectivity index (χ4v) is 5.83. The van der Waals surface area contributed by atoms with Crippen molar-refractivity contribution in [1.29, 1.82) is 0 Å². The molecule has 9 heteroatoms. The van der Waals surface area contributed by atoms with Crippen LogP contribution in [0.1, 0.15) is 43.5 Å². The standard InChI is InChI=1S/C37H28N4O5/c1-44-23-8-4-6-21(18-23)34-28-12-10-26(38-28)25(20-42)27-11-13-29(39-27)35(22-7-5-9-24(19-22)45-2)31-15-17-33(41-31)36(37(43)46-3)32-16-14-30(34)40-32/h4-20,38,41H,1-3H3. The Morgan fingerprint density at radius 2 is 1.13 bits per heavy atom. The number of methoxy groups -OCH3 is 3. The van der Waals surface area contributed by atoms with Crippen molar-refractivity contribution in [2.24, 2.45) is 0 Å². The zero-order valence-corrected chi connectivity index (χ0v) is 25.3. The Kier molecular flexibility index (Phi) is 7.26. The van der Waals surface area contributed by atoms with E-state index < -0.39 is 5.97 Å². The molecule has 2 aromatic carbocycles. The quantitative estimate of drug-likeness (QED) is 0.147. The van der Waals surface area contributed by atoms with Crippen LogP contribution in [0.2, 0.25) is 0 Å². The fraction of sp³-hybridized carbons (Fsp3) is 0.0811. The van der Waals surface area contributed by atoms with Crippen LogP contribution in [0.25, 0.3) is 68.6 Å². The van der Waals surface area contributed by atoms with E-state index in [0.29, 0.717) is 56.4 Å². The van der Waals surface area contributed by atoms with Crippen LogP contribution in [0.15, 0.2) is 72.8 Å². The van der Waals surface area contributed by atoms with E-state index in [1.165, 1.54) is 7.11 Å². The number of nitrogens with one attached hydrogen (secondary N) is 2. The average Bonchev–Trinajstić information content (AvgIpc) is 3.92. The molecule has 0 atom stereocenters. The summed E-state index contributed by atoms with van der Waals surface area (Å²) in [6.07, 6.45) is 8.16. The Balaban J connectivity index is 1.66. The van der Waals surface area contributed by atoms with E-state index in [4.69, 9.17) is 24.2 Å². The highest BCUT2D eigenvalue weighted by atomic mass is 16.5. The van der Waals surface area contributed by atoms with Crippen LogP contribution in [-0.4, -0.2) is 53.5 Å². The summed E-state index contributed by atoms with van der Waals surface area (Å²) in [7, 11) is 4.57. The highest BCUT2D eigenvalue weighted by Gasteiger charge is 2.20. The van der Waals surface area contributed by atoms with E-state index in [0.717, 1.165) is 34.1 Å². The van der Waals surface area contributed by atoms with Crippen molar-refractivity contribution in [2.45, 2.75) is 0 Å². The van der Waals surface area contributed by atoms with Gasteiger partial charge in [-0.2, -0.15) is 0 Å². The largest absolute Gasteiger partial charge is 0.497 e. The fourth-order valence-electron chi connectivity index (χ4n) is 5.83. The number of ether oxygens (including phenoxy) is 3. The summed E-state index contributed by atoms with van der Waals surface area (Å²) in [4.78, 5) is 42.7. The molecule has 2 N–H and O–H groups in total. The molecule has 226 valence electrons. The molecule has 0 saturated heterocycles. The number of aldehydes is 1. The number of aromatic amines is 2. The summed E-state index contributed by atoms with van der Waals surface area (Å²) < 4.78 is 16.3. The maximum Gasteiger partial charge on any atom is 0.342 e. The van der Waals surface area contributed by atoms with Gasteiger partial charge in [0.1, 0.15) is 17.1 Å². The van der Waals surface area contributed by atoms with Crippen molar-refractivity contribution in [3.05, 3.63) is 107 Å². The molecule has 7 rings (SSSR count). The van der Waals surface area contributed by atoms with Gasteiger partial charge in [0.15, 0.2) is 6.29 Å². The lowest BCUT2D eigenvalue weighted by Crippen LogP contribution is -2.04. The SMILES string of the molecule is COC(=O)c1c2nc(c(-c3cccc(OC)c3)c3ccc([nH]3)c(C=O)c3nc(c(-c4cccc(OC)c4)c4ccc1[nH]4)C=C3)C=C2. The van der Waals surface area contributed by atoms with Crippen LogP contribution in [0.4, 0.5) is 0 Å². The number of H-pyrrole nitrogens is 2. The molecular formula is C37H28N4O5. The van der Waals surface area contributed by atoms with Crippen molar-refractivity contribution < 1.29 is 23.8 Å². The summed E-state index contributed by atoms with van der Waals surface area (Å²) in [6, 6.07) is 22.7. The molecule has 0 spiro atoms. The Bertz CT molecular complexity index is 2230. The van der Waals surface area contributed by atoms with Crippen LogP contribution >= 0.6 is 0 Å². The second-order valence-electron chi connectivity index (χ2n) is 10.6. The molecule has 8 bridgehead atoms. The topological polar surface area (TPSA) is 119 Å². The van der Waals surface area contributed by atoms with Gasteiger partial charge in [-0.05, 0) is 84.0 Å². The molecule has 2 aliphatic rings. The van der Waals surface area contributed by atoms with Gasteiger partial charge in [-0.1, -0.05) is 24.3 Å². The van der Waals surface area contributed by atoms with E-state index in [1.54, 1.807) is 20.3 Å². The lowest BCUT2D eigenvalue weighted by molar-refractivity contribution is 0.0602. The predicted molar refractivity (Wildman–Crippen MR) is 180 cm³/mol. The molecule has 0 fully saturated rings. The third kappa shape index (κ3) is 4.93. The van der Waals surface area contributed by atoms with Gasteiger partial charge in [0.25, 0.3) is 0 Å². The highest BCUT2D eigenvalue weighted by Crippen LogP contribution is 2.35. The molecule has 9 nitrogen and oxygen atoms in total. The number of nitrogens with zero attached hydrogens (tertiary/aromatic N) is 2. The first kappa shape index (κ1) is 28.5. The summed E-state index contributed by atoms with van der Waals surface area (Å²) >= 11 is 0. The molecule has 46 heavy (non-hydrogen) atoms. The van der Waals surface area contributed by atoms with Gasteiger partial charge in [-0.25, -0.2) is 14.8 Å². The lowest BCUT2D eigenvalue weighted by Gasteiger charge is -2.07. The van der Waals surface area contributed by atoms with Crippen LogP contribution in [-0.2, 0) is 4.74 Å². The average molecular weight is 609 g/mol. The van der Waals surface area contributed by atoms with Gasteiger partial charge < -0.3 is 24.2 Å². The van der Waals surface area contributed by atoms with Crippen LogP contribution in [0.5, 0.6) is 11.5 Å². The molecule has 2 aliphatic heterocycles. The Morgan fingerprint density at radius 3 is 1.70 bits per heavy atom. The number of aromatic nitrogens is 4. The van der Waals surface area contributed by atoms with Gasteiger partial charge >= 0.3 is 5.97 Å². The van der Waals surface area contributed by atoms with E-state index in [1.807, 2.05) is 91.0 Å². The van der Waals surface area contributed by atoms with Gasteiger partial charge in [-0.3, -0.25) is 4.79 Å². The monoisotopic (exact) mass is 608 g/mol. The molecule has 0 aliphatic carbocycles. The second kappa shape index (κ2) is 11.7. The maximum absolute atomic E-state index is 13.3. The first-order valence-corrected chi connectivity index (χ1v) is 14.5. The first-order valence-electron chi connectivity index (χ1n) is 14.5. The second-order valence-corrected chi connectivity index (χ2v) is 10.6. The molecule has 0 unspecified atom stereocenters. The number of carbonyl (C=O) groups excluding carboxylic acids is 2.